The van der Waals surface area contributed by atoms with Crippen LogP contribution in [0.3, 0.4) is 0 Å². The van der Waals surface area contributed by atoms with E-state index in [0.29, 0.717) is 0 Å². The summed E-state index contributed by atoms with van der Waals surface area (Å²) >= 11 is 5.28. The Kier molecular flexibility index (Phi) is 17.5. The fourth-order valence-electron chi connectivity index (χ4n) is 2.45. The molecule has 0 aromatic heterocycles. The molecule has 0 spiro atoms. The van der Waals surface area contributed by atoms with Crippen LogP contribution in [0.15, 0.2) is 0 Å². The van der Waals surface area contributed by atoms with Crippen LogP contribution in [-0.2, 0) is 0 Å². The van der Waals surface area contributed by atoms with Crippen molar-refractivity contribution in [2.24, 2.45) is 0 Å². The highest BCUT2D eigenvalue weighted by Gasteiger charge is 1.95. The van der Waals surface area contributed by atoms with E-state index in [4.69, 9.17) is 12.2 Å². The number of nitrogens with one attached hydrogen (secondary N) is 2. The summed E-state index contributed by atoms with van der Waals surface area (Å²) < 4.78 is 0. The number of hydrogen-bond donors (Lipinski definition) is 2. The molecule has 0 aromatic carbocycles. The third-order valence-electron chi connectivity index (χ3n) is 3.88. The molecule has 0 aliphatic rings. The fourth-order valence-corrected chi connectivity index (χ4v) is 2.66. The maximum atomic E-state index is 5.28. The van der Waals surface area contributed by atoms with Gasteiger partial charge in [-0.3, -0.25) is 0 Å². The van der Waals surface area contributed by atoms with E-state index in [1.54, 1.807) is 0 Å². The standard InChI is InChI=1S/C18H38N2S/c1-3-5-7-9-10-11-13-15-17-20-18(21)19-16-14-12-8-6-4-2/h3-17H2,1-2H3,(H2,19,20,21). The first-order valence-corrected chi connectivity index (χ1v) is 9.73. The van der Waals surface area contributed by atoms with Gasteiger partial charge in [-0.15, -0.1) is 0 Å². The predicted molar refractivity (Wildman–Crippen MR) is 100.0 cm³/mol. The number of thiocarbonyl (C=S) groups is 1. The van der Waals surface area contributed by atoms with E-state index in [1.807, 2.05) is 0 Å². The molecule has 126 valence electrons. The van der Waals surface area contributed by atoms with Crippen molar-refractivity contribution in [3.8, 4) is 0 Å². The maximum absolute atomic E-state index is 5.28. The van der Waals surface area contributed by atoms with Crippen molar-refractivity contribution in [1.82, 2.24) is 10.6 Å². The van der Waals surface area contributed by atoms with Crippen LogP contribution in [0.2, 0.25) is 0 Å². The van der Waals surface area contributed by atoms with Gasteiger partial charge in [-0.2, -0.15) is 0 Å². The van der Waals surface area contributed by atoms with Crippen molar-refractivity contribution in [1.29, 1.82) is 0 Å². The van der Waals surface area contributed by atoms with Gasteiger partial charge in [-0.1, -0.05) is 84.5 Å². The van der Waals surface area contributed by atoms with Crippen molar-refractivity contribution in [3.63, 3.8) is 0 Å². The van der Waals surface area contributed by atoms with Gasteiger partial charge in [0.15, 0.2) is 5.11 Å². The van der Waals surface area contributed by atoms with Crippen LogP contribution in [0.4, 0.5) is 0 Å². The second-order valence-corrected chi connectivity index (χ2v) is 6.48. The molecule has 0 aliphatic carbocycles. The molecule has 0 bridgehead atoms. The van der Waals surface area contributed by atoms with Gasteiger partial charge in [-0.05, 0) is 25.1 Å². The van der Waals surface area contributed by atoms with E-state index in [9.17, 15) is 0 Å². The fraction of sp³-hybridized carbons (Fsp3) is 0.944. The number of rotatable bonds is 15. The third-order valence-corrected chi connectivity index (χ3v) is 4.17. The Morgan fingerprint density at radius 1 is 0.571 bits per heavy atom. The van der Waals surface area contributed by atoms with Crippen LogP contribution < -0.4 is 10.6 Å². The van der Waals surface area contributed by atoms with E-state index in [1.165, 1.54) is 83.5 Å². The third kappa shape index (κ3) is 17.6. The average molecular weight is 315 g/mol. The summed E-state index contributed by atoms with van der Waals surface area (Å²) in [6.45, 7) is 6.57. The normalized spacial score (nSPS) is 10.6. The minimum Gasteiger partial charge on any atom is -0.363 e. The molecule has 0 aromatic rings. The van der Waals surface area contributed by atoms with Gasteiger partial charge in [0, 0.05) is 13.1 Å². The Balaban J connectivity index is 3.12. The lowest BCUT2D eigenvalue weighted by Gasteiger charge is -2.10. The van der Waals surface area contributed by atoms with Crippen molar-refractivity contribution in [2.75, 3.05) is 13.1 Å². The van der Waals surface area contributed by atoms with Crippen molar-refractivity contribution in [3.05, 3.63) is 0 Å². The zero-order valence-electron chi connectivity index (χ0n) is 14.5. The molecule has 0 fully saturated rings. The molecule has 21 heavy (non-hydrogen) atoms. The lowest BCUT2D eigenvalue weighted by atomic mass is 10.1. The Labute approximate surface area is 138 Å². The highest BCUT2D eigenvalue weighted by Crippen LogP contribution is 2.07. The molecule has 0 rings (SSSR count). The summed E-state index contributed by atoms with van der Waals surface area (Å²) in [5.41, 5.74) is 0. The Bertz CT molecular complexity index is 219. The van der Waals surface area contributed by atoms with Crippen LogP contribution in [0.1, 0.15) is 97.3 Å². The molecule has 3 heteroatoms. The van der Waals surface area contributed by atoms with Crippen LogP contribution in [0, 0.1) is 0 Å². The van der Waals surface area contributed by atoms with E-state index < -0.39 is 0 Å². The lowest BCUT2D eigenvalue weighted by Crippen LogP contribution is -2.36. The Hall–Kier alpha value is -0.310. The van der Waals surface area contributed by atoms with Gasteiger partial charge in [-0.25, -0.2) is 0 Å². The minimum atomic E-state index is 0.841. The van der Waals surface area contributed by atoms with Crippen LogP contribution in [0.25, 0.3) is 0 Å². The van der Waals surface area contributed by atoms with Crippen molar-refractivity contribution in [2.45, 2.75) is 97.3 Å². The molecule has 0 heterocycles. The molecule has 0 saturated carbocycles. The first-order chi connectivity index (χ1) is 10.3. The first-order valence-electron chi connectivity index (χ1n) is 9.33. The molecular formula is C18H38N2S. The quantitative estimate of drug-likeness (QED) is 0.305. The predicted octanol–water partition coefficient (Wildman–Crippen LogP) is 5.56. The van der Waals surface area contributed by atoms with Gasteiger partial charge in [0.1, 0.15) is 0 Å². The van der Waals surface area contributed by atoms with Gasteiger partial charge in [0.05, 0.1) is 0 Å². The van der Waals surface area contributed by atoms with E-state index in [2.05, 4.69) is 24.5 Å². The molecule has 0 unspecified atom stereocenters. The second-order valence-electron chi connectivity index (χ2n) is 6.07. The summed E-state index contributed by atoms with van der Waals surface area (Å²) in [5, 5.41) is 7.46. The molecule has 0 aliphatic heterocycles. The first kappa shape index (κ1) is 20.7. The SMILES string of the molecule is CCCCCCCCCCNC(=S)NCCCCCCC. The maximum Gasteiger partial charge on any atom is 0.166 e. The molecule has 0 radical (unpaired) electrons. The van der Waals surface area contributed by atoms with Gasteiger partial charge < -0.3 is 10.6 Å². The summed E-state index contributed by atoms with van der Waals surface area (Å²) in [7, 11) is 0. The van der Waals surface area contributed by atoms with Crippen LogP contribution in [-0.4, -0.2) is 18.2 Å². The van der Waals surface area contributed by atoms with Gasteiger partial charge in [0.2, 0.25) is 0 Å². The molecular weight excluding hydrogens is 276 g/mol. The smallest absolute Gasteiger partial charge is 0.166 e. The molecule has 0 saturated heterocycles. The lowest BCUT2D eigenvalue weighted by molar-refractivity contribution is 0.571. The zero-order chi connectivity index (χ0) is 15.6. The highest BCUT2D eigenvalue weighted by atomic mass is 32.1. The van der Waals surface area contributed by atoms with E-state index in [0.717, 1.165) is 18.2 Å². The topological polar surface area (TPSA) is 24.1 Å². The van der Waals surface area contributed by atoms with Crippen molar-refractivity contribution < 1.29 is 0 Å². The molecule has 0 amide bonds. The van der Waals surface area contributed by atoms with Crippen LogP contribution >= 0.6 is 12.2 Å². The Morgan fingerprint density at radius 3 is 1.29 bits per heavy atom. The summed E-state index contributed by atoms with van der Waals surface area (Å²) in [5.74, 6) is 0. The van der Waals surface area contributed by atoms with E-state index >= 15 is 0 Å². The molecule has 2 nitrogen and oxygen atoms in total. The molecule has 0 atom stereocenters. The average Bonchev–Trinajstić information content (AvgIpc) is 2.49. The number of hydrogen-bond acceptors (Lipinski definition) is 1. The van der Waals surface area contributed by atoms with Gasteiger partial charge in [0.25, 0.3) is 0 Å². The summed E-state index contributed by atoms with van der Waals surface area (Å²) in [6, 6.07) is 0. The second kappa shape index (κ2) is 17.7. The minimum absolute atomic E-state index is 0.841. The largest absolute Gasteiger partial charge is 0.363 e. The van der Waals surface area contributed by atoms with Gasteiger partial charge >= 0.3 is 0 Å². The molecule has 2 N–H and O–H groups in total. The van der Waals surface area contributed by atoms with E-state index in [-0.39, 0.29) is 0 Å². The zero-order valence-corrected chi connectivity index (χ0v) is 15.3. The summed E-state index contributed by atoms with van der Waals surface area (Å²) in [4.78, 5) is 0. The van der Waals surface area contributed by atoms with Crippen LogP contribution in [0.5, 0.6) is 0 Å². The number of unbranched alkanes of at least 4 members (excludes halogenated alkanes) is 11. The van der Waals surface area contributed by atoms with Crippen molar-refractivity contribution >= 4 is 17.3 Å². The highest BCUT2D eigenvalue weighted by molar-refractivity contribution is 7.80. The Morgan fingerprint density at radius 2 is 0.905 bits per heavy atom. The summed E-state index contributed by atoms with van der Waals surface area (Å²) in [6.07, 6.45) is 17.5. The monoisotopic (exact) mass is 314 g/mol.